The van der Waals surface area contributed by atoms with Gasteiger partial charge in [0.25, 0.3) is 0 Å². The number of hydrogen-bond donors (Lipinski definition) is 1. The molecular weight excluding hydrogens is 549 g/mol. The highest BCUT2D eigenvalue weighted by Gasteiger charge is 2.36. The molecule has 1 saturated heterocycles. The third-order valence-corrected chi connectivity index (χ3v) is 7.41. The maximum atomic E-state index is 13.5. The summed E-state index contributed by atoms with van der Waals surface area (Å²) in [6.07, 6.45) is 0.463. The van der Waals surface area contributed by atoms with Gasteiger partial charge in [-0.2, -0.15) is 0 Å². The van der Waals surface area contributed by atoms with E-state index in [1.807, 2.05) is 12.1 Å². The molecule has 1 aliphatic rings. The van der Waals surface area contributed by atoms with E-state index in [1.165, 1.54) is 24.3 Å². The van der Waals surface area contributed by atoms with E-state index in [-0.39, 0.29) is 24.8 Å². The van der Waals surface area contributed by atoms with E-state index in [2.05, 4.69) is 10.3 Å². The van der Waals surface area contributed by atoms with E-state index in [0.29, 0.717) is 46.6 Å². The summed E-state index contributed by atoms with van der Waals surface area (Å²) in [6.45, 7) is 2.29. The van der Waals surface area contributed by atoms with Gasteiger partial charge in [0.05, 0.1) is 32.1 Å². The Labute approximate surface area is 241 Å². The minimum atomic E-state index is -0.747. The van der Waals surface area contributed by atoms with Crippen LogP contribution in [0.1, 0.15) is 29.3 Å². The van der Waals surface area contributed by atoms with E-state index in [1.54, 1.807) is 56.4 Å². The Morgan fingerprint density at radius 2 is 1.73 bits per heavy atom. The Kier molecular flexibility index (Phi) is 9.96. The number of amidine groups is 1. The van der Waals surface area contributed by atoms with Crippen LogP contribution in [0.25, 0.3) is 0 Å². The fourth-order valence-corrected chi connectivity index (χ4v) is 5.22. The number of thioether (sulfide) groups is 1. The van der Waals surface area contributed by atoms with E-state index in [9.17, 15) is 18.8 Å². The second-order valence-electron chi connectivity index (χ2n) is 8.95. The normalized spacial score (nSPS) is 15.9. The first kappa shape index (κ1) is 29.6. The number of amides is 2. The first-order valence-corrected chi connectivity index (χ1v) is 13.8. The summed E-state index contributed by atoms with van der Waals surface area (Å²) in [5.41, 5.74) is 2.22. The van der Waals surface area contributed by atoms with Crippen LogP contribution in [-0.4, -0.2) is 60.5 Å². The Morgan fingerprint density at radius 3 is 2.39 bits per heavy atom. The van der Waals surface area contributed by atoms with E-state index >= 15 is 0 Å². The Balaban J connectivity index is 1.51. The van der Waals surface area contributed by atoms with Gasteiger partial charge in [0.2, 0.25) is 11.8 Å². The van der Waals surface area contributed by atoms with Gasteiger partial charge in [0, 0.05) is 18.7 Å². The summed E-state index contributed by atoms with van der Waals surface area (Å²) >= 11 is 1.16. The molecule has 0 radical (unpaired) electrons. The summed E-state index contributed by atoms with van der Waals surface area (Å²) in [5.74, 6) is -0.312. The second kappa shape index (κ2) is 13.8. The van der Waals surface area contributed by atoms with E-state index < -0.39 is 17.0 Å². The van der Waals surface area contributed by atoms with E-state index in [4.69, 9.17) is 14.2 Å². The van der Waals surface area contributed by atoms with Crippen LogP contribution in [0.2, 0.25) is 0 Å². The van der Waals surface area contributed by atoms with Crippen LogP contribution in [0.4, 0.5) is 15.8 Å². The second-order valence-corrected chi connectivity index (χ2v) is 10.1. The van der Waals surface area contributed by atoms with Crippen molar-refractivity contribution in [3.05, 3.63) is 83.7 Å². The lowest BCUT2D eigenvalue weighted by Crippen LogP contribution is -2.46. The van der Waals surface area contributed by atoms with Gasteiger partial charge in [-0.3, -0.25) is 14.5 Å². The summed E-state index contributed by atoms with van der Waals surface area (Å²) < 4.78 is 29.2. The molecule has 0 aromatic heterocycles. The molecule has 214 valence electrons. The molecule has 11 heteroatoms. The number of benzene rings is 3. The number of hydrogen-bond acceptors (Lipinski definition) is 8. The standard InChI is InChI=1S/C30H30FN3O6S/c1-4-40-29(37)20-6-10-22(11-7-20)32-28(36)26-18-27(35)34(30(41-26)33-23-12-8-21(31)9-13-23)16-15-19-5-14-24(38-2)25(17-19)39-3/h5-14,17,26H,4,15-16,18H2,1-3H3,(H,32,36)/t26-/m0/s1. The lowest BCUT2D eigenvalue weighted by molar-refractivity contribution is -0.129. The Morgan fingerprint density at radius 1 is 1.02 bits per heavy atom. The highest BCUT2D eigenvalue weighted by atomic mass is 32.2. The van der Waals surface area contributed by atoms with Crippen LogP contribution < -0.4 is 14.8 Å². The SMILES string of the molecule is CCOC(=O)c1ccc(NC(=O)[C@@H]2CC(=O)N(CCc3ccc(OC)c(OC)c3)C(=Nc3ccc(F)cc3)S2)cc1. The van der Waals surface area contributed by atoms with Crippen LogP contribution >= 0.6 is 11.8 Å². The molecule has 4 rings (SSSR count). The zero-order valence-corrected chi connectivity index (χ0v) is 23.7. The summed E-state index contributed by atoms with van der Waals surface area (Å²) in [6, 6.07) is 17.4. The molecule has 1 heterocycles. The van der Waals surface area contributed by atoms with Crippen molar-refractivity contribution >= 4 is 46.1 Å². The molecular formula is C30H30FN3O6S. The van der Waals surface area contributed by atoms with Crippen LogP contribution in [0.3, 0.4) is 0 Å². The van der Waals surface area contributed by atoms with Gasteiger partial charge in [-0.05, 0) is 79.6 Å². The van der Waals surface area contributed by atoms with Gasteiger partial charge >= 0.3 is 5.97 Å². The first-order chi connectivity index (χ1) is 19.8. The van der Waals surface area contributed by atoms with Crippen molar-refractivity contribution in [1.82, 2.24) is 4.90 Å². The van der Waals surface area contributed by atoms with Crippen molar-refractivity contribution < 1.29 is 33.0 Å². The minimum Gasteiger partial charge on any atom is -0.493 e. The zero-order chi connectivity index (χ0) is 29.4. The van der Waals surface area contributed by atoms with Gasteiger partial charge < -0.3 is 19.5 Å². The summed E-state index contributed by atoms with van der Waals surface area (Å²) in [7, 11) is 3.12. The molecule has 9 nitrogen and oxygen atoms in total. The number of methoxy groups -OCH3 is 2. The number of nitrogens with one attached hydrogen (secondary N) is 1. The number of anilines is 1. The lowest BCUT2D eigenvalue weighted by atomic mass is 10.1. The maximum Gasteiger partial charge on any atom is 0.338 e. The number of ether oxygens (including phenoxy) is 3. The number of carbonyl (C=O) groups is 3. The molecule has 1 aliphatic heterocycles. The number of aliphatic imine (C=N–C) groups is 1. The van der Waals surface area contributed by atoms with Crippen molar-refractivity contribution in [3.8, 4) is 11.5 Å². The van der Waals surface area contributed by atoms with Gasteiger partial charge in [-0.15, -0.1) is 0 Å². The average Bonchev–Trinajstić information content (AvgIpc) is 2.98. The van der Waals surface area contributed by atoms with Gasteiger partial charge in [0.1, 0.15) is 11.1 Å². The number of rotatable bonds is 10. The molecule has 3 aromatic rings. The molecule has 1 fully saturated rings. The van der Waals surface area contributed by atoms with Gasteiger partial charge in [-0.1, -0.05) is 17.8 Å². The molecule has 0 unspecified atom stereocenters. The number of esters is 1. The molecule has 0 spiro atoms. The van der Waals surface area contributed by atoms with Crippen molar-refractivity contribution in [2.24, 2.45) is 4.99 Å². The Hall–Kier alpha value is -4.38. The lowest BCUT2D eigenvalue weighted by Gasteiger charge is -2.32. The highest BCUT2D eigenvalue weighted by Crippen LogP contribution is 2.31. The monoisotopic (exact) mass is 579 g/mol. The molecule has 1 atom stereocenters. The minimum absolute atomic E-state index is 0.0359. The third-order valence-electron chi connectivity index (χ3n) is 6.22. The van der Waals surface area contributed by atoms with Crippen molar-refractivity contribution in [3.63, 3.8) is 0 Å². The third kappa shape index (κ3) is 7.63. The van der Waals surface area contributed by atoms with Gasteiger partial charge in [0.15, 0.2) is 16.7 Å². The quantitative estimate of drug-likeness (QED) is 0.328. The topological polar surface area (TPSA) is 107 Å². The Bertz CT molecular complexity index is 1430. The van der Waals surface area contributed by atoms with Crippen LogP contribution in [0.5, 0.6) is 11.5 Å². The van der Waals surface area contributed by atoms with Crippen molar-refractivity contribution in [1.29, 1.82) is 0 Å². The predicted octanol–water partition coefficient (Wildman–Crippen LogP) is 5.22. The number of nitrogens with zero attached hydrogens (tertiary/aromatic N) is 2. The van der Waals surface area contributed by atoms with Crippen molar-refractivity contribution in [2.45, 2.75) is 25.0 Å². The van der Waals surface area contributed by atoms with Crippen LogP contribution in [0, 0.1) is 5.82 Å². The predicted molar refractivity (Wildman–Crippen MR) is 155 cm³/mol. The van der Waals surface area contributed by atoms with Crippen molar-refractivity contribution in [2.75, 3.05) is 32.7 Å². The van der Waals surface area contributed by atoms with Crippen LogP contribution in [-0.2, 0) is 20.7 Å². The zero-order valence-electron chi connectivity index (χ0n) is 22.9. The van der Waals surface area contributed by atoms with Crippen LogP contribution in [0.15, 0.2) is 71.7 Å². The number of halogens is 1. The molecule has 0 bridgehead atoms. The summed E-state index contributed by atoms with van der Waals surface area (Å²) in [5, 5.41) is 2.40. The molecule has 3 aromatic carbocycles. The largest absolute Gasteiger partial charge is 0.493 e. The first-order valence-electron chi connectivity index (χ1n) is 12.9. The molecule has 41 heavy (non-hydrogen) atoms. The average molecular weight is 580 g/mol. The van der Waals surface area contributed by atoms with Gasteiger partial charge in [-0.25, -0.2) is 14.2 Å². The molecule has 0 aliphatic carbocycles. The smallest absolute Gasteiger partial charge is 0.338 e. The fourth-order valence-electron chi connectivity index (χ4n) is 4.09. The molecule has 2 amide bonds. The van der Waals surface area contributed by atoms with E-state index in [0.717, 1.165) is 17.3 Å². The number of carbonyl (C=O) groups excluding carboxylic acids is 3. The summed E-state index contributed by atoms with van der Waals surface area (Å²) in [4.78, 5) is 44.5. The fraction of sp³-hybridized carbons (Fsp3) is 0.267. The highest BCUT2D eigenvalue weighted by molar-refractivity contribution is 8.15. The maximum absolute atomic E-state index is 13.5. The molecule has 0 saturated carbocycles. The molecule has 1 N–H and O–H groups in total.